The van der Waals surface area contributed by atoms with Gasteiger partial charge in [0.25, 0.3) is 0 Å². The minimum Gasteiger partial charge on any atom is -0.392 e. The molecule has 3 rings (SSSR count). The molecule has 1 fully saturated rings. The van der Waals surface area contributed by atoms with Crippen LogP contribution in [0.4, 0.5) is 0 Å². The van der Waals surface area contributed by atoms with E-state index in [-0.39, 0.29) is 16.9 Å². The standard InChI is InChI=1S/C18H27NO/c1-17(2)10-9-14(12-7-5-6-8-13(12)17)19-15-11-16(20)18(15,3)4/h5-8,14-16,19-20H,9-11H2,1-4H3. The molecule has 0 aliphatic heterocycles. The molecule has 2 heteroatoms. The highest BCUT2D eigenvalue weighted by atomic mass is 16.3. The summed E-state index contributed by atoms with van der Waals surface area (Å²) in [6, 6.07) is 9.73. The van der Waals surface area contributed by atoms with E-state index in [9.17, 15) is 5.11 Å². The van der Waals surface area contributed by atoms with Crippen molar-refractivity contribution in [3.63, 3.8) is 0 Å². The summed E-state index contributed by atoms with van der Waals surface area (Å²) >= 11 is 0. The topological polar surface area (TPSA) is 32.3 Å². The van der Waals surface area contributed by atoms with Gasteiger partial charge in [0.1, 0.15) is 0 Å². The number of aliphatic hydroxyl groups excluding tert-OH is 1. The Kier molecular flexibility index (Phi) is 3.22. The van der Waals surface area contributed by atoms with Crippen molar-refractivity contribution in [3.05, 3.63) is 35.4 Å². The Morgan fingerprint density at radius 3 is 2.50 bits per heavy atom. The van der Waals surface area contributed by atoms with Crippen LogP contribution in [0.15, 0.2) is 24.3 Å². The Morgan fingerprint density at radius 2 is 1.85 bits per heavy atom. The van der Waals surface area contributed by atoms with Gasteiger partial charge < -0.3 is 10.4 Å². The maximum atomic E-state index is 9.91. The van der Waals surface area contributed by atoms with Crippen molar-refractivity contribution in [2.45, 2.75) is 70.6 Å². The van der Waals surface area contributed by atoms with Crippen LogP contribution in [0, 0.1) is 5.41 Å². The highest BCUT2D eigenvalue weighted by molar-refractivity contribution is 5.38. The molecule has 0 spiro atoms. The second kappa shape index (κ2) is 4.57. The van der Waals surface area contributed by atoms with Crippen LogP contribution in [0.1, 0.15) is 64.1 Å². The Labute approximate surface area is 122 Å². The molecule has 2 aliphatic carbocycles. The zero-order valence-electron chi connectivity index (χ0n) is 13.1. The van der Waals surface area contributed by atoms with Crippen LogP contribution in [-0.2, 0) is 5.41 Å². The van der Waals surface area contributed by atoms with E-state index in [1.165, 1.54) is 24.0 Å². The van der Waals surface area contributed by atoms with Crippen molar-refractivity contribution < 1.29 is 5.11 Å². The first-order valence-corrected chi connectivity index (χ1v) is 7.86. The Hall–Kier alpha value is -0.860. The van der Waals surface area contributed by atoms with Gasteiger partial charge >= 0.3 is 0 Å². The molecule has 0 bridgehead atoms. The average Bonchev–Trinajstić information content (AvgIpc) is 2.41. The first-order valence-electron chi connectivity index (χ1n) is 7.86. The van der Waals surface area contributed by atoms with Crippen LogP contribution in [0.25, 0.3) is 0 Å². The largest absolute Gasteiger partial charge is 0.392 e. The van der Waals surface area contributed by atoms with Gasteiger partial charge in [-0.25, -0.2) is 0 Å². The SMILES string of the molecule is CC1(C)CCC(NC2CC(O)C2(C)C)c2ccccc21. The first-order chi connectivity index (χ1) is 9.32. The molecule has 0 amide bonds. The van der Waals surface area contributed by atoms with Gasteiger partial charge in [-0.05, 0) is 35.8 Å². The first kappa shape index (κ1) is 14.1. The molecule has 3 unspecified atom stereocenters. The number of fused-ring (bicyclic) bond motifs is 1. The number of hydrogen-bond donors (Lipinski definition) is 2. The lowest BCUT2D eigenvalue weighted by atomic mass is 9.63. The van der Waals surface area contributed by atoms with E-state index in [2.05, 4.69) is 57.3 Å². The molecule has 0 aromatic heterocycles. The Morgan fingerprint density at radius 1 is 1.15 bits per heavy atom. The monoisotopic (exact) mass is 273 g/mol. The summed E-state index contributed by atoms with van der Waals surface area (Å²) in [5.41, 5.74) is 3.23. The van der Waals surface area contributed by atoms with Crippen LogP contribution in [0.5, 0.6) is 0 Å². The molecule has 110 valence electrons. The third-order valence-corrected chi connectivity index (χ3v) is 5.74. The van der Waals surface area contributed by atoms with Crippen LogP contribution < -0.4 is 5.32 Å². The van der Waals surface area contributed by atoms with Crippen molar-refractivity contribution >= 4 is 0 Å². The number of benzene rings is 1. The van der Waals surface area contributed by atoms with Gasteiger partial charge in [0.15, 0.2) is 0 Å². The minimum atomic E-state index is -0.157. The molecular weight excluding hydrogens is 246 g/mol. The van der Waals surface area contributed by atoms with Gasteiger partial charge in [0, 0.05) is 17.5 Å². The van der Waals surface area contributed by atoms with E-state index in [1.54, 1.807) is 0 Å². The highest BCUT2D eigenvalue weighted by Crippen LogP contribution is 2.45. The summed E-state index contributed by atoms with van der Waals surface area (Å²) in [6.45, 7) is 9.02. The van der Waals surface area contributed by atoms with Crippen molar-refractivity contribution in [1.82, 2.24) is 5.32 Å². The van der Waals surface area contributed by atoms with E-state index in [1.807, 2.05) is 0 Å². The number of rotatable bonds is 2. The summed E-state index contributed by atoms with van der Waals surface area (Å²) in [6.07, 6.45) is 3.13. The zero-order valence-corrected chi connectivity index (χ0v) is 13.1. The average molecular weight is 273 g/mol. The fourth-order valence-electron chi connectivity index (χ4n) is 3.81. The van der Waals surface area contributed by atoms with Crippen molar-refractivity contribution in [2.75, 3.05) is 0 Å². The molecule has 1 aromatic rings. The summed E-state index contributed by atoms with van der Waals surface area (Å²) in [5, 5.41) is 13.7. The smallest absolute Gasteiger partial charge is 0.0621 e. The predicted octanol–water partition coefficient (Wildman–Crippen LogP) is 3.55. The Bertz CT molecular complexity index is 506. The molecule has 2 N–H and O–H groups in total. The summed E-state index contributed by atoms with van der Waals surface area (Å²) < 4.78 is 0. The van der Waals surface area contributed by atoms with Crippen LogP contribution in [0.3, 0.4) is 0 Å². The molecule has 20 heavy (non-hydrogen) atoms. The lowest BCUT2D eigenvalue weighted by molar-refractivity contribution is -0.0768. The number of hydrogen-bond acceptors (Lipinski definition) is 2. The van der Waals surface area contributed by atoms with Crippen molar-refractivity contribution in [3.8, 4) is 0 Å². The number of aliphatic hydroxyl groups is 1. The van der Waals surface area contributed by atoms with E-state index >= 15 is 0 Å². The molecule has 0 saturated heterocycles. The van der Waals surface area contributed by atoms with Crippen molar-refractivity contribution in [1.29, 1.82) is 0 Å². The van der Waals surface area contributed by atoms with Gasteiger partial charge in [0.2, 0.25) is 0 Å². The molecule has 1 aromatic carbocycles. The molecule has 2 aliphatic rings. The van der Waals surface area contributed by atoms with E-state index in [0.29, 0.717) is 12.1 Å². The molecule has 0 heterocycles. The maximum Gasteiger partial charge on any atom is 0.0621 e. The second-order valence-corrected chi connectivity index (χ2v) is 7.85. The van der Waals surface area contributed by atoms with Gasteiger partial charge in [-0.15, -0.1) is 0 Å². The fourth-order valence-corrected chi connectivity index (χ4v) is 3.81. The summed E-state index contributed by atoms with van der Waals surface area (Å²) in [7, 11) is 0. The zero-order chi connectivity index (χ0) is 14.5. The Balaban J connectivity index is 1.83. The van der Waals surface area contributed by atoms with Gasteiger partial charge in [-0.2, -0.15) is 0 Å². The van der Waals surface area contributed by atoms with Gasteiger partial charge in [0.05, 0.1) is 6.10 Å². The normalized spacial score (nSPS) is 34.1. The summed E-state index contributed by atoms with van der Waals surface area (Å²) in [4.78, 5) is 0. The van der Waals surface area contributed by atoms with Crippen LogP contribution in [-0.4, -0.2) is 17.3 Å². The van der Waals surface area contributed by atoms with E-state index < -0.39 is 0 Å². The van der Waals surface area contributed by atoms with Crippen LogP contribution >= 0.6 is 0 Å². The predicted molar refractivity (Wildman–Crippen MR) is 82.8 cm³/mol. The molecule has 2 nitrogen and oxygen atoms in total. The van der Waals surface area contributed by atoms with Gasteiger partial charge in [-0.3, -0.25) is 0 Å². The molecule has 1 saturated carbocycles. The maximum absolute atomic E-state index is 9.91. The minimum absolute atomic E-state index is 0.00189. The second-order valence-electron chi connectivity index (χ2n) is 7.85. The molecular formula is C18H27NO. The lowest BCUT2D eigenvalue weighted by Crippen LogP contribution is -2.60. The fraction of sp³-hybridized carbons (Fsp3) is 0.667. The van der Waals surface area contributed by atoms with E-state index in [0.717, 1.165) is 6.42 Å². The van der Waals surface area contributed by atoms with Gasteiger partial charge in [-0.1, -0.05) is 52.0 Å². The lowest BCUT2D eigenvalue weighted by Gasteiger charge is -2.52. The number of nitrogens with one attached hydrogen (secondary N) is 1. The van der Waals surface area contributed by atoms with E-state index in [4.69, 9.17) is 0 Å². The summed E-state index contributed by atoms with van der Waals surface area (Å²) in [5.74, 6) is 0. The quantitative estimate of drug-likeness (QED) is 0.863. The van der Waals surface area contributed by atoms with Crippen LogP contribution in [0.2, 0.25) is 0 Å². The third kappa shape index (κ3) is 2.10. The molecule has 3 atom stereocenters. The third-order valence-electron chi connectivity index (χ3n) is 5.74. The van der Waals surface area contributed by atoms with Crippen molar-refractivity contribution in [2.24, 2.45) is 5.41 Å². The highest BCUT2D eigenvalue weighted by Gasteiger charge is 2.48. The molecule has 0 radical (unpaired) electrons.